The van der Waals surface area contributed by atoms with E-state index in [1.807, 2.05) is 0 Å². The van der Waals surface area contributed by atoms with Crippen molar-refractivity contribution in [2.75, 3.05) is 13.1 Å². The molecule has 3 rings (SSSR count). The summed E-state index contributed by atoms with van der Waals surface area (Å²) < 4.78 is 29.6. The van der Waals surface area contributed by atoms with Crippen LogP contribution in [0.1, 0.15) is 44.3 Å². The summed E-state index contributed by atoms with van der Waals surface area (Å²) in [6, 6.07) is 3.36. The maximum atomic E-state index is 12.2. The van der Waals surface area contributed by atoms with Crippen molar-refractivity contribution >= 4 is 15.7 Å². The van der Waals surface area contributed by atoms with Crippen LogP contribution in [0.5, 0.6) is 0 Å². The second kappa shape index (κ2) is 6.44. The zero-order valence-electron chi connectivity index (χ0n) is 12.7. The number of hydrogen-bond donors (Lipinski definition) is 0. The first kappa shape index (κ1) is 15.6. The van der Waals surface area contributed by atoms with E-state index in [4.69, 9.17) is 4.42 Å². The van der Waals surface area contributed by atoms with Gasteiger partial charge < -0.3 is 9.32 Å². The predicted octanol–water partition coefficient (Wildman–Crippen LogP) is 2.38. The Morgan fingerprint density at radius 1 is 1.23 bits per heavy atom. The number of rotatable bonds is 5. The minimum Gasteiger partial charge on any atom is -0.468 e. The molecule has 0 atom stereocenters. The van der Waals surface area contributed by atoms with Crippen LogP contribution in [-0.4, -0.2) is 37.6 Å². The predicted molar refractivity (Wildman–Crippen MR) is 82.9 cm³/mol. The van der Waals surface area contributed by atoms with Crippen LogP contribution in [0, 0.1) is 5.92 Å². The third kappa shape index (κ3) is 3.54. The molecule has 1 aromatic heterocycles. The molecule has 1 saturated carbocycles. The van der Waals surface area contributed by atoms with Crippen LogP contribution in [0.4, 0.5) is 0 Å². The fourth-order valence-electron chi connectivity index (χ4n) is 3.35. The lowest BCUT2D eigenvalue weighted by Gasteiger charge is -2.39. The smallest absolute Gasteiger partial charge is 0.222 e. The van der Waals surface area contributed by atoms with Crippen molar-refractivity contribution in [3.8, 4) is 0 Å². The van der Waals surface area contributed by atoms with Crippen LogP contribution in [0.2, 0.25) is 0 Å². The van der Waals surface area contributed by atoms with Crippen molar-refractivity contribution < 1.29 is 17.6 Å². The van der Waals surface area contributed by atoms with E-state index in [1.165, 1.54) is 25.5 Å². The highest BCUT2D eigenvalue weighted by Crippen LogP contribution is 2.28. The normalized spacial score (nSPS) is 20.8. The summed E-state index contributed by atoms with van der Waals surface area (Å²) >= 11 is 0. The third-order valence-electron chi connectivity index (χ3n) is 4.82. The maximum Gasteiger partial charge on any atom is 0.222 e. The summed E-state index contributed by atoms with van der Waals surface area (Å²) in [5.74, 6) is 1.01. The lowest BCUT2D eigenvalue weighted by molar-refractivity contribution is -0.135. The Labute approximate surface area is 131 Å². The van der Waals surface area contributed by atoms with Crippen molar-refractivity contribution in [1.29, 1.82) is 0 Å². The Hall–Kier alpha value is -1.30. The fourth-order valence-corrected chi connectivity index (χ4v) is 4.96. The highest BCUT2D eigenvalue weighted by molar-refractivity contribution is 7.91. The highest BCUT2D eigenvalue weighted by Gasteiger charge is 2.40. The molecule has 0 radical (unpaired) electrons. The summed E-state index contributed by atoms with van der Waals surface area (Å²) in [6.45, 7) is 0.684. The Balaban J connectivity index is 1.47. The van der Waals surface area contributed by atoms with Crippen molar-refractivity contribution in [1.82, 2.24) is 4.90 Å². The number of likely N-dealkylation sites (tertiary alicyclic amines) is 1. The molecule has 0 unspecified atom stereocenters. The second-order valence-corrected chi connectivity index (χ2v) is 8.80. The van der Waals surface area contributed by atoms with Gasteiger partial charge in [-0.2, -0.15) is 0 Å². The van der Waals surface area contributed by atoms with E-state index >= 15 is 0 Å². The molecular weight excluding hydrogens is 302 g/mol. The van der Waals surface area contributed by atoms with Gasteiger partial charge in [0.25, 0.3) is 0 Å². The van der Waals surface area contributed by atoms with Gasteiger partial charge in [-0.25, -0.2) is 8.42 Å². The Morgan fingerprint density at radius 2 is 1.95 bits per heavy atom. The number of amides is 1. The van der Waals surface area contributed by atoms with Gasteiger partial charge >= 0.3 is 0 Å². The molecule has 0 aromatic carbocycles. The molecule has 0 N–H and O–H groups in total. The SMILES string of the molecule is O=C(CC1CCCCC1)N1CC(S(=O)(=O)Cc2ccco2)C1. The topological polar surface area (TPSA) is 67.6 Å². The number of nitrogens with zero attached hydrogens (tertiary/aromatic N) is 1. The lowest BCUT2D eigenvalue weighted by atomic mass is 9.86. The molecule has 22 heavy (non-hydrogen) atoms. The molecule has 2 heterocycles. The number of carbonyl (C=O) groups is 1. The number of hydrogen-bond acceptors (Lipinski definition) is 4. The van der Waals surface area contributed by atoms with E-state index in [1.54, 1.807) is 17.0 Å². The average molecular weight is 325 g/mol. The van der Waals surface area contributed by atoms with Gasteiger partial charge in [-0.15, -0.1) is 0 Å². The Kier molecular flexibility index (Phi) is 4.57. The standard InChI is InChI=1S/C16H23NO4S/c18-16(9-13-5-2-1-3-6-13)17-10-15(11-17)22(19,20)12-14-7-4-8-21-14/h4,7-8,13,15H,1-3,5-6,9-12H2. The van der Waals surface area contributed by atoms with E-state index < -0.39 is 15.1 Å². The van der Waals surface area contributed by atoms with Crippen LogP contribution in [-0.2, 0) is 20.4 Å². The minimum atomic E-state index is -3.23. The molecule has 1 aliphatic heterocycles. The summed E-state index contributed by atoms with van der Waals surface area (Å²) in [5.41, 5.74) is 0. The van der Waals surface area contributed by atoms with Gasteiger partial charge in [-0.1, -0.05) is 19.3 Å². The molecule has 2 aliphatic rings. The quantitative estimate of drug-likeness (QED) is 0.833. The number of furan rings is 1. The number of carbonyl (C=O) groups excluding carboxylic acids is 1. The van der Waals surface area contributed by atoms with Crippen molar-refractivity contribution in [3.63, 3.8) is 0 Å². The van der Waals surface area contributed by atoms with E-state index in [-0.39, 0.29) is 11.7 Å². The first-order chi connectivity index (χ1) is 10.5. The maximum absolute atomic E-state index is 12.2. The van der Waals surface area contributed by atoms with Gasteiger partial charge in [0.15, 0.2) is 9.84 Å². The molecule has 0 bridgehead atoms. The molecule has 6 heteroatoms. The molecule has 0 spiro atoms. The Bertz CT molecular complexity index is 596. The molecule has 1 aromatic rings. The highest BCUT2D eigenvalue weighted by atomic mass is 32.2. The molecule has 2 fully saturated rings. The van der Waals surface area contributed by atoms with Gasteiger partial charge in [0.1, 0.15) is 11.5 Å². The summed E-state index contributed by atoms with van der Waals surface area (Å²) in [5, 5.41) is -0.437. The second-order valence-electron chi connectivity index (χ2n) is 6.52. The zero-order chi connectivity index (χ0) is 15.6. The van der Waals surface area contributed by atoms with E-state index in [0.717, 1.165) is 12.8 Å². The lowest BCUT2D eigenvalue weighted by Crippen LogP contribution is -2.57. The van der Waals surface area contributed by atoms with Crippen LogP contribution < -0.4 is 0 Å². The Morgan fingerprint density at radius 3 is 2.59 bits per heavy atom. The first-order valence-electron chi connectivity index (χ1n) is 8.06. The molecule has 1 amide bonds. The van der Waals surface area contributed by atoms with E-state index in [0.29, 0.717) is 31.2 Å². The third-order valence-corrected chi connectivity index (χ3v) is 6.82. The number of sulfone groups is 1. The van der Waals surface area contributed by atoms with E-state index in [9.17, 15) is 13.2 Å². The monoisotopic (exact) mass is 325 g/mol. The summed E-state index contributed by atoms with van der Waals surface area (Å²) in [7, 11) is -3.23. The van der Waals surface area contributed by atoms with Crippen LogP contribution in [0.3, 0.4) is 0 Å². The minimum absolute atomic E-state index is 0.0741. The van der Waals surface area contributed by atoms with Crippen LogP contribution in [0.15, 0.2) is 22.8 Å². The van der Waals surface area contributed by atoms with Crippen molar-refractivity contribution in [2.24, 2.45) is 5.92 Å². The fraction of sp³-hybridized carbons (Fsp3) is 0.688. The van der Waals surface area contributed by atoms with Crippen molar-refractivity contribution in [2.45, 2.75) is 49.5 Å². The van der Waals surface area contributed by atoms with Gasteiger partial charge in [-0.3, -0.25) is 4.79 Å². The average Bonchev–Trinajstić information content (AvgIpc) is 2.89. The van der Waals surface area contributed by atoms with Crippen LogP contribution >= 0.6 is 0 Å². The van der Waals surface area contributed by atoms with Gasteiger partial charge in [0, 0.05) is 19.5 Å². The van der Waals surface area contributed by atoms with Gasteiger partial charge in [0.05, 0.1) is 11.5 Å². The molecular formula is C16H23NO4S. The van der Waals surface area contributed by atoms with Gasteiger partial charge in [-0.05, 0) is 30.9 Å². The molecule has 1 aliphatic carbocycles. The summed E-state index contributed by atoms with van der Waals surface area (Å²) in [4.78, 5) is 13.9. The van der Waals surface area contributed by atoms with Crippen LogP contribution in [0.25, 0.3) is 0 Å². The van der Waals surface area contributed by atoms with Crippen molar-refractivity contribution in [3.05, 3.63) is 24.2 Å². The molecule has 122 valence electrons. The molecule has 1 saturated heterocycles. The largest absolute Gasteiger partial charge is 0.468 e. The van der Waals surface area contributed by atoms with E-state index in [2.05, 4.69) is 0 Å². The summed E-state index contributed by atoms with van der Waals surface area (Å²) in [6.07, 6.45) is 8.06. The first-order valence-corrected chi connectivity index (χ1v) is 9.78. The molecule has 5 nitrogen and oxygen atoms in total. The zero-order valence-corrected chi connectivity index (χ0v) is 13.6. The van der Waals surface area contributed by atoms with Gasteiger partial charge in [0.2, 0.25) is 5.91 Å².